The Bertz CT molecular complexity index is 2080. The molecular weight excluding hydrogens is 644 g/mol. The molecule has 0 saturated carbocycles. The lowest BCUT2D eigenvalue weighted by atomic mass is 9.83. The number of aryl methyl sites for hydroxylation is 1. The first-order chi connectivity index (χ1) is 21.0. The van der Waals surface area contributed by atoms with Crippen LogP contribution in [0.1, 0.15) is 40.3 Å². The molecular formula is C35H26BrClN2O3S. The summed E-state index contributed by atoms with van der Waals surface area (Å²) < 4.78 is 15.2. The zero-order chi connectivity index (χ0) is 29.5. The summed E-state index contributed by atoms with van der Waals surface area (Å²) in [7, 11) is 1.61. The lowest BCUT2D eigenvalue weighted by Gasteiger charge is -2.30. The second-order valence-corrected chi connectivity index (χ2v) is 12.8. The molecule has 214 valence electrons. The minimum atomic E-state index is -0.218. The fourth-order valence-corrected chi connectivity index (χ4v) is 7.24. The monoisotopic (exact) mass is 668 g/mol. The van der Waals surface area contributed by atoms with E-state index in [0.717, 1.165) is 45.3 Å². The predicted octanol–water partition coefficient (Wildman–Crippen LogP) is 7.32. The number of hydrogen-bond acceptors (Lipinski definition) is 5. The van der Waals surface area contributed by atoms with Crippen molar-refractivity contribution in [2.24, 2.45) is 4.99 Å². The van der Waals surface area contributed by atoms with Crippen molar-refractivity contribution < 1.29 is 9.47 Å². The van der Waals surface area contributed by atoms with Crippen molar-refractivity contribution in [2.45, 2.75) is 25.5 Å². The molecule has 0 amide bonds. The number of ether oxygens (including phenoxy) is 2. The second kappa shape index (κ2) is 11.6. The fourth-order valence-electron chi connectivity index (χ4n) is 5.78. The van der Waals surface area contributed by atoms with Gasteiger partial charge < -0.3 is 9.47 Å². The summed E-state index contributed by atoms with van der Waals surface area (Å²) in [6, 6.07) is 29.7. The molecule has 1 aromatic heterocycles. The minimum absolute atomic E-state index is 0.0555. The van der Waals surface area contributed by atoms with Crippen molar-refractivity contribution in [1.29, 1.82) is 0 Å². The van der Waals surface area contributed by atoms with E-state index in [4.69, 9.17) is 26.1 Å². The summed E-state index contributed by atoms with van der Waals surface area (Å²) in [5.74, 6) is 1.18. The Hall–Kier alpha value is -3.91. The van der Waals surface area contributed by atoms with E-state index >= 15 is 0 Å². The normalized spacial score (nSPS) is 15.8. The molecule has 4 aromatic carbocycles. The molecule has 0 bridgehead atoms. The quantitative estimate of drug-likeness (QED) is 0.190. The van der Waals surface area contributed by atoms with Crippen molar-refractivity contribution in [3.63, 3.8) is 0 Å². The van der Waals surface area contributed by atoms with E-state index in [1.54, 1.807) is 7.11 Å². The van der Waals surface area contributed by atoms with Gasteiger partial charge in [-0.3, -0.25) is 9.36 Å². The Morgan fingerprint density at radius 1 is 1.00 bits per heavy atom. The topological polar surface area (TPSA) is 52.8 Å². The van der Waals surface area contributed by atoms with Crippen LogP contribution in [0.3, 0.4) is 0 Å². The van der Waals surface area contributed by atoms with Crippen LogP contribution in [0, 0.1) is 0 Å². The van der Waals surface area contributed by atoms with Crippen LogP contribution in [-0.4, -0.2) is 11.7 Å². The summed E-state index contributed by atoms with van der Waals surface area (Å²) in [4.78, 5) is 19.9. The molecule has 0 fully saturated rings. The van der Waals surface area contributed by atoms with Gasteiger partial charge in [0, 0.05) is 20.6 Å². The molecule has 2 heterocycles. The SMILES string of the molecule is COc1cc(/C=c2/sc3n(c2=O)[C@H](c2ccc(Br)cc2)C2=C(N=3)c3ccccc3CC2)ccc1OCc1ccccc1Cl. The molecule has 0 N–H and O–H groups in total. The van der Waals surface area contributed by atoms with Gasteiger partial charge in [-0.15, -0.1) is 0 Å². The highest BCUT2D eigenvalue weighted by molar-refractivity contribution is 9.10. The molecule has 5 aromatic rings. The number of rotatable bonds is 6. The largest absolute Gasteiger partial charge is 0.493 e. The molecule has 43 heavy (non-hydrogen) atoms. The van der Waals surface area contributed by atoms with Gasteiger partial charge in [0.2, 0.25) is 0 Å². The number of fused-ring (bicyclic) bond motifs is 3. The molecule has 0 radical (unpaired) electrons. The zero-order valence-corrected chi connectivity index (χ0v) is 26.4. The highest BCUT2D eigenvalue weighted by atomic mass is 79.9. The molecule has 0 unspecified atom stereocenters. The van der Waals surface area contributed by atoms with Crippen LogP contribution in [0.2, 0.25) is 5.02 Å². The Morgan fingerprint density at radius 2 is 1.79 bits per heavy atom. The third kappa shape index (κ3) is 5.26. The van der Waals surface area contributed by atoms with Crippen molar-refractivity contribution >= 4 is 50.6 Å². The summed E-state index contributed by atoms with van der Waals surface area (Å²) in [6.45, 7) is 0.317. The molecule has 1 atom stereocenters. The smallest absolute Gasteiger partial charge is 0.271 e. The van der Waals surface area contributed by atoms with Crippen LogP contribution in [0.4, 0.5) is 0 Å². The van der Waals surface area contributed by atoms with Crippen molar-refractivity contribution in [2.75, 3.05) is 7.11 Å². The average Bonchev–Trinajstić information content (AvgIpc) is 3.34. The molecule has 7 rings (SSSR count). The highest BCUT2D eigenvalue weighted by Gasteiger charge is 2.32. The molecule has 0 spiro atoms. The van der Waals surface area contributed by atoms with Crippen molar-refractivity contribution in [3.05, 3.63) is 154 Å². The molecule has 8 heteroatoms. The predicted molar refractivity (Wildman–Crippen MR) is 176 cm³/mol. The molecule has 2 aliphatic rings. The third-order valence-corrected chi connectivity index (χ3v) is 9.77. The lowest BCUT2D eigenvalue weighted by Crippen LogP contribution is -2.38. The maximum Gasteiger partial charge on any atom is 0.271 e. The third-order valence-electron chi connectivity index (χ3n) is 7.89. The van der Waals surface area contributed by atoms with E-state index in [-0.39, 0.29) is 11.6 Å². The number of allylic oxidation sites excluding steroid dienone is 1. The second-order valence-electron chi connectivity index (χ2n) is 10.5. The van der Waals surface area contributed by atoms with Crippen LogP contribution in [0.5, 0.6) is 11.5 Å². The standard InChI is InChI=1S/C35H26BrClN2O3S/c1-41-30-18-21(10-17-29(30)42-20-24-7-3-5-9-28(24)37)19-31-34(40)39-33(23-11-14-25(36)15-12-23)27-16-13-22-6-2-4-8-26(22)32(27)38-35(39)43-31/h2-12,14-15,17-19,33H,13,16,20H2,1H3/b31-19+/t33-/m1/s1. The van der Waals surface area contributed by atoms with E-state index in [2.05, 4.69) is 52.3 Å². The van der Waals surface area contributed by atoms with E-state index < -0.39 is 0 Å². The van der Waals surface area contributed by atoms with E-state index in [0.29, 0.717) is 32.5 Å². The molecule has 0 saturated heterocycles. The summed E-state index contributed by atoms with van der Waals surface area (Å²) in [5.41, 5.74) is 7.36. The molecule has 5 nitrogen and oxygen atoms in total. The maximum atomic E-state index is 14.1. The molecule has 1 aliphatic heterocycles. The number of nitrogens with zero attached hydrogens (tertiary/aromatic N) is 2. The van der Waals surface area contributed by atoms with E-state index in [9.17, 15) is 4.79 Å². The summed E-state index contributed by atoms with van der Waals surface area (Å²) >= 11 is 11.3. The number of aromatic nitrogens is 1. The Kier molecular flexibility index (Phi) is 7.55. The Morgan fingerprint density at radius 3 is 2.60 bits per heavy atom. The van der Waals surface area contributed by atoms with Crippen LogP contribution in [-0.2, 0) is 13.0 Å². The number of thiazole rings is 1. The first-order valence-electron chi connectivity index (χ1n) is 13.9. The van der Waals surface area contributed by atoms with Crippen LogP contribution in [0.15, 0.2) is 111 Å². The van der Waals surface area contributed by atoms with Gasteiger partial charge in [0.05, 0.1) is 23.4 Å². The minimum Gasteiger partial charge on any atom is -0.493 e. The van der Waals surface area contributed by atoms with Crippen LogP contribution in [0.25, 0.3) is 11.8 Å². The first-order valence-corrected chi connectivity index (χ1v) is 15.9. The number of methoxy groups -OCH3 is 1. The first kappa shape index (κ1) is 27.9. The lowest BCUT2D eigenvalue weighted by molar-refractivity contribution is 0.284. The maximum absolute atomic E-state index is 14.1. The Balaban J connectivity index is 1.31. The van der Waals surface area contributed by atoms with Gasteiger partial charge >= 0.3 is 0 Å². The fraction of sp³-hybridized carbons (Fsp3) is 0.143. The van der Waals surface area contributed by atoms with E-state index in [1.165, 1.54) is 22.5 Å². The zero-order valence-electron chi connectivity index (χ0n) is 23.2. The van der Waals surface area contributed by atoms with Crippen molar-refractivity contribution in [1.82, 2.24) is 4.57 Å². The average molecular weight is 670 g/mol. The van der Waals surface area contributed by atoms with Gasteiger partial charge in [-0.1, -0.05) is 99.5 Å². The number of benzene rings is 4. The molecule has 1 aliphatic carbocycles. The van der Waals surface area contributed by atoms with Gasteiger partial charge in [-0.05, 0) is 71.5 Å². The van der Waals surface area contributed by atoms with Gasteiger partial charge in [-0.25, -0.2) is 4.99 Å². The number of halogens is 2. The summed E-state index contributed by atoms with van der Waals surface area (Å²) in [6.07, 6.45) is 3.68. The number of hydrogen-bond donors (Lipinski definition) is 0. The van der Waals surface area contributed by atoms with Crippen LogP contribution >= 0.6 is 38.9 Å². The van der Waals surface area contributed by atoms with Gasteiger partial charge in [0.25, 0.3) is 5.56 Å². The van der Waals surface area contributed by atoms with Gasteiger partial charge in [0.1, 0.15) is 6.61 Å². The van der Waals surface area contributed by atoms with Crippen LogP contribution < -0.4 is 24.4 Å². The van der Waals surface area contributed by atoms with E-state index in [1.807, 2.05) is 65.2 Å². The van der Waals surface area contributed by atoms with Gasteiger partial charge in [-0.2, -0.15) is 0 Å². The Labute approximate surface area is 266 Å². The van der Waals surface area contributed by atoms with Crippen molar-refractivity contribution in [3.8, 4) is 11.5 Å². The van der Waals surface area contributed by atoms with Gasteiger partial charge in [0.15, 0.2) is 16.3 Å². The summed E-state index contributed by atoms with van der Waals surface area (Å²) in [5, 5.41) is 0.653. The highest BCUT2D eigenvalue weighted by Crippen LogP contribution is 2.41.